The van der Waals surface area contributed by atoms with Crippen LogP contribution in [0.3, 0.4) is 0 Å². The smallest absolute Gasteiger partial charge is 0.378 e. The Morgan fingerprint density at radius 2 is 1.23 bits per heavy atom. The monoisotopic (exact) mass is 442 g/mol. The molecule has 2 saturated carbocycles. The van der Waals surface area contributed by atoms with Crippen molar-refractivity contribution in [2.75, 3.05) is 27.9 Å². The summed E-state index contributed by atoms with van der Waals surface area (Å²) in [6.45, 7) is 3.10. The van der Waals surface area contributed by atoms with E-state index in [4.69, 9.17) is 18.0 Å². The average molecular weight is 443 g/mol. The average Bonchev–Trinajstić information content (AvgIpc) is 2.80. The van der Waals surface area contributed by atoms with Gasteiger partial charge in [-0.1, -0.05) is 58.3 Å². The molecule has 0 bridgehead atoms. The van der Waals surface area contributed by atoms with E-state index in [2.05, 4.69) is 6.92 Å². The fourth-order valence-electron chi connectivity index (χ4n) is 5.81. The van der Waals surface area contributed by atoms with Crippen LogP contribution >= 0.6 is 0 Å². The Morgan fingerprint density at radius 1 is 0.667 bits per heavy atom. The predicted molar refractivity (Wildman–Crippen MR) is 127 cm³/mol. The summed E-state index contributed by atoms with van der Waals surface area (Å²) in [6, 6.07) is 0.827. The van der Waals surface area contributed by atoms with Crippen LogP contribution in [0.15, 0.2) is 0 Å². The maximum atomic E-state index is 6.19. The molecule has 0 aromatic rings. The minimum absolute atomic E-state index is 0.462. The van der Waals surface area contributed by atoms with Crippen molar-refractivity contribution in [3.05, 3.63) is 0 Å². The van der Waals surface area contributed by atoms with E-state index in [0.29, 0.717) is 6.10 Å². The molecule has 0 saturated heterocycles. The molecule has 2 fully saturated rings. The Hall–Kier alpha value is 0.0569. The third kappa shape index (κ3) is 8.89. The zero-order valence-electron chi connectivity index (χ0n) is 20.5. The first-order chi connectivity index (χ1) is 14.7. The Kier molecular flexibility index (Phi) is 13.2. The molecule has 0 amide bonds. The molecule has 2 aliphatic rings. The SMILES string of the molecule is CCCCCCCC1CCC(C2CCC(OCCC[Si](OC)(OC)OC)CC2)CC1. The van der Waals surface area contributed by atoms with Crippen molar-refractivity contribution in [2.45, 2.75) is 115 Å². The highest BCUT2D eigenvalue weighted by atomic mass is 28.4. The number of hydrogen-bond donors (Lipinski definition) is 0. The van der Waals surface area contributed by atoms with Crippen LogP contribution in [0.25, 0.3) is 0 Å². The van der Waals surface area contributed by atoms with E-state index in [1.807, 2.05) is 0 Å². The summed E-state index contributed by atoms with van der Waals surface area (Å²) in [5, 5.41) is 0. The van der Waals surface area contributed by atoms with Gasteiger partial charge >= 0.3 is 8.80 Å². The van der Waals surface area contributed by atoms with Gasteiger partial charge < -0.3 is 18.0 Å². The predicted octanol–water partition coefficient (Wildman–Crippen LogP) is 7.00. The lowest BCUT2D eigenvalue weighted by atomic mass is 9.70. The van der Waals surface area contributed by atoms with E-state index in [-0.39, 0.29) is 0 Å². The second-order valence-electron chi connectivity index (χ2n) is 9.79. The molecule has 2 rings (SSSR count). The Bertz CT molecular complexity index is 405. The molecule has 0 aromatic heterocycles. The molecule has 0 N–H and O–H groups in total. The molecule has 0 unspecified atom stereocenters. The van der Waals surface area contributed by atoms with Gasteiger partial charge in [-0.25, -0.2) is 0 Å². The van der Waals surface area contributed by atoms with Crippen LogP contribution in [0.4, 0.5) is 0 Å². The highest BCUT2D eigenvalue weighted by Gasteiger charge is 2.37. The van der Waals surface area contributed by atoms with Gasteiger partial charge in [-0.05, 0) is 62.7 Å². The fraction of sp³-hybridized carbons (Fsp3) is 1.00. The van der Waals surface area contributed by atoms with Crippen LogP contribution in [0.1, 0.15) is 103 Å². The molecule has 0 spiro atoms. The number of unbranched alkanes of at least 4 members (excludes halogenated alkanes) is 4. The molecule has 0 atom stereocenters. The largest absolute Gasteiger partial charge is 0.500 e. The quantitative estimate of drug-likeness (QED) is 0.202. The highest BCUT2D eigenvalue weighted by molar-refractivity contribution is 6.60. The lowest BCUT2D eigenvalue weighted by Gasteiger charge is -2.38. The van der Waals surface area contributed by atoms with Crippen molar-refractivity contribution in [3.8, 4) is 0 Å². The zero-order valence-corrected chi connectivity index (χ0v) is 21.5. The second kappa shape index (κ2) is 15.0. The molecule has 178 valence electrons. The van der Waals surface area contributed by atoms with Crippen LogP contribution in [-0.4, -0.2) is 42.8 Å². The zero-order chi connectivity index (χ0) is 21.7. The molecule has 4 nitrogen and oxygen atoms in total. The summed E-state index contributed by atoms with van der Waals surface area (Å²) >= 11 is 0. The number of rotatable bonds is 15. The van der Waals surface area contributed by atoms with E-state index in [0.717, 1.165) is 36.8 Å². The topological polar surface area (TPSA) is 36.9 Å². The van der Waals surface area contributed by atoms with Crippen LogP contribution in [-0.2, 0) is 18.0 Å². The third-order valence-electron chi connectivity index (χ3n) is 7.91. The minimum atomic E-state index is -2.44. The van der Waals surface area contributed by atoms with Crippen molar-refractivity contribution in [3.63, 3.8) is 0 Å². The van der Waals surface area contributed by atoms with E-state index in [9.17, 15) is 0 Å². The molecule has 30 heavy (non-hydrogen) atoms. The first kappa shape index (κ1) is 26.3. The summed E-state index contributed by atoms with van der Waals surface area (Å²) in [4.78, 5) is 0. The number of hydrogen-bond acceptors (Lipinski definition) is 4. The normalized spacial score (nSPS) is 28.0. The Morgan fingerprint density at radius 3 is 1.80 bits per heavy atom. The summed E-state index contributed by atoms with van der Waals surface area (Å²) in [6.07, 6.45) is 21.3. The first-order valence-electron chi connectivity index (χ1n) is 12.9. The third-order valence-corrected chi connectivity index (χ3v) is 10.7. The summed E-state index contributed by atoms with van der Waals surface area (Å²) in [5.41, 5.74) is 0. The van der Waals surface area contributed by atoms with Crippen LogP contribution in [0.2, 0.25) is 6.04 Å². The van der Waals surface area contributed by atoms with Crippen molar-refractivity contribution in [1.29, 1.82) is 0 Å². The highest BCUT2D eigenvalue weighted by Crippen LogP contribution is 2.41. The maximum Gasteiger partial charge on any atom is 0.500 e. The molecule has 0 aromatic carbocycles. The Balaban J connectivity index is 1.54. The Labute approximate surface area is 188 Å². The molecule has 5 heteroatoms. The van der Waals surface area contributed by atoms with Gasteiger partial charge in [0.05, 0.1) is 6.10 Å². The van der Waals surface area contributed by atoms with Crippen molar-refractivity contribution < 1.29 is 18.0 Å². The van der Waals surface area contributed by atoms with Gasteiger partial charge in [0, 0.05) is 34.0 Å². The standard InChI is InChI=1S/C25H50O4Si/c1-5-6-7-8-9-11-22-12-14-23(15-13-22)24-16-18-25(19-17-24)29-20-10-21-30(26-2,27-3)28-4/h22-25H,5-21H2,1-4H3. The molecular weight excluding hydrogens is 392 g/mol. The summed E-state index contributed by atoms with van der Waals surface area (Å²) in [7, 11) is 2.61. The van der Waals surface area contributed by atoms with Crippen molar-refractivity contribution in [2.24, 2.45) is 17.8 Å². The number of ether oxygens (including phenoxy) is 1. The van der Waals surface area contributed by atoms with Crippen LogP contribution < -0.4 is 0 Å². The van der Waals surface area contributed by atoms with E-state index < -0.39 is 8.80 Å². The van der Waals surface area contributed by atoms with Crippen molar-refractivity contribution in [1.82, 2.24) is 0 Å². The minimum Gasteiger partial charge on any atom is -0.378 e. The van der Waals surface area contributed by atoms with E-state index in [1.165, 1.54) is 89.9 Å². The van der Waals surface area contributed by atoms with Gasteiger partial charge in [-0.2, -0.15) is 0 Å². The van der Waals surface area contributed by atoms with Gasteiger partial charge in [0.1, 0.15) is 0 Å². The molecule has 0 heterocycles. The molecule has 2 aliphatic carbocycles. The van der Waals surface area contributed by atoms with Crippen LogP contribution in [0, 0.1) is 17.8 Å². The first-order valence-corrected chi connectivity index (χ1v) is 14.9. The summed E-state index contributed by atoms with van der Waals surface area (Å²) < 4.78 is 22.7. The van der Waals surface area contributed by atoms with Crippen molar-refractivity contribution >= 4 is 8.80 Å². The van der Waals surface area contributed by atoms with Gasteiger partial charge in [0.15, 0.2) is 0 Å². The van der Waals surface area contributed by atoms with Gasteiger partial charge in [0.2, 0.25) is 0 Å². The lowest BCUT2D eigenvalue weighted by molar-refractivity contribution is 0.00547. The van der Waals surface area contributed by atoms with Gasteiger partial charge in [0.25, 0.3) is 0 Å². The van der Waals surface area contributed by atoms with Gasteiger partial charge in [-0.15, -0.1) is 0 Å². The maximum absolute atomic E-state index is 6.19. The molecular formula is C25H50O4Si. The van der Waals surface area contributed by atoms with Crippen LogP contribution in [0.5, 0.6) is 0 Å². The van der Waals surface area contributed by atoms with E-state index >= 15 is 0 Å². The molecule has 0 aliphatic heterocycles. The second-order valence-corrected chi connectivity index (χ2v) is 12.9. The van der Waals surface area contributed by atoms with E-state index in [1.54, 1.807) is 21.3 Å². The summed E-state index contributed by atoms with van der Waals surface area (Å²) in [5.74, 6) is 2.99. The fourth-order valence-corrected chi connectivity index (χ4v) is 7.50. The molecule has 0 radical (unpaired) electrons. The lowest BCUT2D eigenvalue weighted by Crippen LogP contribution is -2.42. The van der Waals surface area contributed by atoms with Gasteiger partial charge in [-0.3, -0.25) is 0 Å².